The molecule has 0 aromatic heterocycles. The summed E-state index contributed by atoms with van der Waals surface area (Å²) in [6.07, 6.45) is 10.0. The van der Waals surface area contributed by atoms with E-state index >= 15 is 0 Å². The summed E-state index contributed by atoms with van der Waals surface area (Å²) < 4.78 is 0. The number of hydrogen-bond donors (Lipinski definition) is 0. The van der Waals surface area contributed by atoms with Gasteiger partial charge in [0.1, 0.15) is 0 Å². The fourth-order valence-corrected chi connectivity index (χ4v) is 0.340. The van der Waals surface area contributed by atoms with Crippen LogP contribution in [-0.4, -0.2) is 17.4 Å². The molecule has 0 aliphatic heterocycles. The van der Waals surface area contributed by atoms with Crippen LogP contribution in [0.1, 0.15) is 6.42 Å². The SMILES string of the molecule is [AlH3].[CH3][Ti]([CH3])[CH3].[C]1=CC=CC1. The first kappa shape index (κ1) is 13.3. The third kappa shape index (κ3) is 15.9. The summed E-state index contributed by atoms with van der Waals surface area (Å²) in [7, 11) is 0. The van der Waals surface area contributed by atoms with Gasteiger partial charge in [-0.15, -0.1) is 0 Å². The Morgan fingerprint density at radius 2 is 1.80 bits per heavy atom. The maximum atomic E-state index is 2.99. The van der Waals surface area contributed by atoms with Crippen molar-refractivity contribution >= 4 is 17.4 Å². The van der Waals surface area contributed by atoms with Crippen molar-refractivity contribution < 1.29 is 17.9 Å². The summed E-state index contributed by atoms with van der Waals surface area (Å²) in [5.41, 5.74) is 0. The van der Waals surface area contributed by atoms with Gasteiger partial charge in [0.25, 0.3) is 0 Å². The second kappa shape index (κ2) is 9.73. The zero-order valence-electron chi connectivity index (χ0n) is 6.44. The van der Waals surface area contributed by atoms with E-state index in [0.717, 1.165) is 6.42 Å². The third-order valence-electron chi connectivity index (χ3n) is 0.586. The van der Waals surface area contributed by atoms with Crippen LogP contribution in [0.3, 0.4) is 0 Å². The van der Waals surface area contributed by atoms with Gasteiger partial charge in [-0.3, -0.25) is 0 Å². The first-order valence-corrected chi connectivity index (χ1v) is 7.90. The van der Waals surface area contributed by atoms with Crippen LogP contribution in [0.4, 0.5) is 0 Å². The standard InChI is InChI=1S/C5H5.3CH3.Al.Ti.3H/c1-2-4-5-3-1;;;;;;;;/h1-3H,4H2;3*1H3;;;;;. The maximum absolute atomic E-state index is 2.99. The van der Waals surface area contributed by atoms with Crippen molar-refractivity contribution in [1.82, 2.24) is 0 Å². The van der Waals surface area contributed by atoms with E-state index in [1.54, 1.807) is 0 Å². The molecular formula is C8H17AlTi. The van der Waals surface area contributed by atoms with Crippen molar-refractivity contribution in [2.24, 2.45) is 0 Å². The Balaban J connectivity index is 0. The topological polar surface area (TPSA) is 0 Å². The van der Waals surface area contributed by atoms with E-state index in [9.17, 15) is 0 Å². The van der Waals surface area contributed by atoms with E-state index in [0.29, 0.717) is 0 Å². The fraction of sp³-hybridized carbons (Fsp3) is 0.500. The molecule has 0 amide bonds. The average molecular weight is 188 g/mol. The number of allylic oxidation sites excluding steroid dienone is 4. The molecule has 0 bridgehead atoms. The molecule has 0 fully saturated rings. The van der Waals surface area contributed by atoms with Crippen molar-refractivity contribution in [2.75, 3.05) is 0 Å². The molecule has 0 N–H and O–H groups in total. The van der Waals surface area contributed by atoms with Crippen molar-refractivity contribution in [3.63, 3.8) is 0 Å². The van der Waals surface area contributed by atoms with Gasteiger partial charge in [0.15, 0.2) is 17.4 Å². The summed E-state index contributed by atoms with van der Waals surface area (Å²) >= 11 is -0.333. The smallest absolute Gasteiger partial charge is 0.00915 e. The van der Waals surface area contributed by atoms with Crippen LogP contribution in [0, 0.1) is 6.08 Å². The molecule has 0 aromatic rings. The van der Waals surface area contributed by atoms with Gasteiger partial charge >= 0.3 is 33.6 Å². The van der Waals surface area contributed by atoms with Gasteiger partial charge in [0.2, 0.25) is 0 Å². The molecule has 0 aromatic carbocycles. The molecule has 0 heterocycles. The summed E-state index contributed by atoms with van der Waals surface area (Å²) in [4.78, 5) is 0. The molecule has 1 aliphatic carbocycles. The maximum Gasteiger partial charge on any atom is -0.00915 e. The number of rotatable bonds is 0. The Labute approximate surface area is 81.4 Å². The van der Waals surface area contributed by atoms with Crippen LogP contribution < -0.4 is 0 Å². The molecule has 0 nitrogen and oxygen atoms in total. The fourth-order valence-electron chi connectivity index (χ4n) is 0.340. The molecule has 0 atom stereocenters. The van der Waals surface area contributed by atoms with E-state index in [-0.39, 0.29) is 35.2 Å². The second-order valence-corrected chi connectivity index (χ2v) is 7.19. The molecule has 2 heteroatoms. The predicted molar refractivity (Wildman–Crippen MR) is 49.1 cm³/mol. The zero-order chi connectivity index (χ0) is 7.11. The van der Waals surface area contributed by atoms with Crippen molar-refractivity contribution in [1.29, 1.82) is 0 Å². The van der Waals surface area contributed by atoms with Gasteiger partial charge in [-0.2, -0.15) is 0 Å². The van der Waals surface area contributed by atoms with E-state index in [2.05, 4.69) is 27.8 Å². The molecule has 10 heavy (non-hydrogen) atoms. The quantitative estimate of drug-likeness (QED) is 0.509. The number of hydrogen-bond acceptors (Lipinski definition) is 0. The van der Waals surface area contributed by atoms with Crippen LogP contribution in [0.2, 0.25) is 15.7 Å². The minimum atomic E-state index is -0.333. The van der Waals surface area contributed by atoms with Gasteiger partial charge in [0, 0.05) is 0 Å². The first-order chi connectivity index (χ1) is 4.23. The average Bonchev–Trinajstić information content (AvgIpc) is 2.11. The molecule has 0 unspecified atom stereocenters. The molecule has 56 valence electrons. The van der Waals surface area contributed by atoms with E-state index in [1.165, 1.54) is 0 Å². The third-order valence-corrected chi connectivity index (χ3v) is 0.586. The minimum Gasteiger partial charge on any atom is -0.0801 e. The molecule has 0 spiro atoms. The van der Waals surface area contributed by atoms with Crippen molar-refractivity contribution in [3.8, 4) is 0 Å². The molecule has 0 saturated heterocycles. The monoisotopic (exact) mass is 188 g/mol. The van der Waals surface area contributed by atoms with E-state index < -0.39 is 0 Å². The zero-order valence-corrected chi connectivity index (χ0v) is 8.00. The van der Waals surface area contributed by atoms with Crippen molar-refractivity contribution in [2.45, 2.75) is 22.1 Å². The largest absolute Gasteiger partial charge is 0.0801 e. The van der Waals surface area contributed by atoms with Gasteiger partial charge in [-0.25, -0.2) is 0 Å². The van der Waals surface area contributed by atoms with Crippen LogP contribution in [0.5, 0.6) is 0 Å². The summed E-state index contributed by atoms with van der Waals surface area (Å²) in [6.45, 7) is 0. The van der Waals surface area contributed by atoms with Gasteiger partial charge < -0.3 is 0 Å². The first-order valence-electron chi connectivity index (χ1n) is 3.22. The van der Waals surface area contributed by atoms with Crippen LogP contribution in [0.25, 0.3) is 0 Å². The molecule has 1 rings (SSSR count). The van der Waals surface area contributed by atoms with Crippen LogP contribution in [-0.2, 0) is 17.9 Å². The minimum absolute atomic E-state index is 0. The summed E-state index contributed by atoms with van der Waals surface area (Å²) in [6, 6.07) is 0. The summed E-state index contributed by atoms with van der Waals surface area (Å²) in [5, 5.41) is 7.00. The summed E-state index contributed by atoms with van der Waals surface area (Å²) in [5.74, 6) is 0. The van der Waals surface area contributed by atoms with Crippen LogP contribution >= 0.6 is 0 Å². The Morgan fingerprint density at radius 1 is 1.30 bits per heavy atom. The second-order valence-electron chi connectivity index (χ2n) is 2.50. The van der Waals surface area contributed by atoms with E-state index in [4.69, 9.17) is 0 Å². The van der Waals surface area contributed by atoms with Crippen LogP contribution in [0.15, 0.2) is 18.2 Å². The predicted octanol–water partition coefficient (Wildman–Crippen LogP) is 1.87. The Hall–Kier alpha value is 0.727. The molecule has 0 saturated carbocycles. The Kier molecular flexibility index (Phi) is 13.0. The van der Waals surface area contributed by atoms with Crippen molar-refractivity contribution in [3.05, 3.63) is 24.3 Å². The molecule has 1 radical (unpaired) electrons. The van der Waals surface area contributed by atoms with Gasteiger partial charge in [-0.1, -0.05) is 18.2 Å². The van der Waals surface area contributed by atoms with Gasteiger partial charge in [0.05, 0.1) is 0 Å². The molecule has 1 aliphatic rings. The van der Waals surface area contributed by atoms with Gasteiger partial charge in [-0.05, 0) is 12.5 Å². The molecular weight excluding hydrogens is 171 g/mol. The van der Waals surface area contributed by atoms with E-state index in [1.807, 2.05) is 12.2 Å². The normalized spacial score (nSPS) is 11.5. The Bertz CT molecular complexity index is 93.1. The Morgan fingerprint density at radius 3 is 1.90 bits per heavy atom.